The second kappa shape index (κ2) is 3.23. The molecular weight excluding hydrogens is 251 g/mol. The molecule has 54 valence electrons. The highest BCUT2D eigenvalue weighted by Crippen LogP contribution is 2.16. The fourth-order valence-electron chi connectivity index (χ4n) is 0.546. The van der Waals surface area contributed by atoms with E-state index >= 15 is 0 Å². The SMILES string of the molecule is FC(F)c1cccc(I)n1. The monoisotopic (exact) mass is 255 g/mol. The second-order valence-electron chi connectivity index (χ2n) is 1.69. The van der Waals surface area contributed by atoms with Gasteiger partial charge in [-0.05, 0) is 34.7 Å². The summed E-state index contributed by atoms with van der Waals surface area (Å²) in [6.07, 6.45) is -2.46. The van der Waals surface area contributed by atoms with Gasteiger partial charge in [0.1, 0.15) is 9.39 Å². The first-order valence-electron chi connectivity index (χ1n) is 2.61. The average molecular weight is 255 g/mol. The second-order valence-corrected chi connectivity index (χ2v) is 2.79. The smallest absolute Gasteiger partial charge is 0.241 e. The van der Waals surface area contributed by atoms with Crippen molar-refractivity contribution in [3.8, 4) is 0 Å². The van der Waals surface area contributed by atoms with Crippen LogP contribution in [0.15, 0.2) is 18.2 Å². The molecule has 0 saturated heterocycles. The summed E-state index contributed by atoms with van der Waals surface area (Å²) in [5, 5.41) is 0. The van der Waals surface area contributed by atoms with Gasteiger partial charge in [-0.15, -0.1) is 0 Å². The predicted molar refractivity (Wildman–Crippen MR) is 41.9 cm³/mol. The van der Waals surface area contributed by atoms with Crippen LogP contribution in [0.4, 0.5) is 8.78 Å². The van der Waals surface area contributed by atoms with E-state index in [1.54, 1.807) is 12.1 Å². The van der Waals surface area contributed by atoms with E-state index in [-0.39, 0.29) is 5.69 Å². The van der Waals surface area contributed by atoms with Gasteiger partial charge in [-0.2, -0.15) is 0 Å². The first-order valence-corrected chi connectivity index (χ1v) is 3.68. The number of rotatable bonds is 1. The molecule has 0 fully saturated rings. The molecule has 0 atom stereocenters. The molecule has 0 bridgehead atoms. The number of nitrogens with zero attached hydrogens (tertiary/aromatic N) is 1. The van der Waals surface area contributed by atoms with Crippen LogP contribution >= 0.6 is 22.6 Å². The van der Waals surface area contributed by atoms with E-state index in [1.165, 1.54) is 6.07 Å². The van der Waals surface area contributed by atoms with Crippen LogP contribution in [-0.2, 0) is 0 Å². The zero-order chi connectivity index (χ0) is 7.56. The molecule has 0 aromatic carbocycles. The van der Waals surface area contributed by atoms with Gasteiger partial charge < -0.3 is 0 Å². The molecule has 10 heavy (non-hydrogen) atoms. The number of hydrogen-bond donors (Lipinski definition) is 0. The summed E-state index contributed by atoms with van der Waals surface area (Å²) in [7, 11) is 0. The Balaban J connectivity index is 2.96. The first-order chi connectivity index (χ1) is 4.70. The zero-order valence-corrected chi connectivity index (χ0v) is 7.05. The Morgan fingerprint density at radius 2 is 2.10 bits per heavy atom. The molecule has 0 radical (unpaired) electrons. The van der Waals surface area contributed by atoms with E-state index in [1.807, 2.05) is 22.6 Å². The van der Waals surface area contributed by atoms with Crippen LogP contribution in [0.2, 0.25) is 0 Å². The van der Waals surface area contributed by atoms with Crippen molar-refractivity contribution < 1.29 is 8.78 Å². The van der Waals surface area contributed by atoms with E-state index in [4.69, 9.17) is 0 Å². The van der Waals surface area contributed by atoms with Gasteiger partial charge in [-0.25, -0.2) is 13.8 Å². The summed E-state index contributed by atoms with van der Waals surface area (Å²) in [5.41, 5.74) is -0.160. The van der Waals surface area contributed by atoms with E-state index in [2.05, 4.69) is 4.98 Å². The standard InChI is InChI=1S/C6H4F2IN/c7-6(8)4-2-1-3-5(9)10-4/h1-3,6H. The Bertz CT molecular complexity index is 227. The van der Waals surface area contributed by atoms with Gasteiger partial charge in [-0.3, -0.25) is 0 Å². The van der Waals surface area contributed by atoms with Gasteiger partial charge in [0.25, 0.3) is 6.43 Å². The maximum atomic E-state index is 11.9. The van der Waals surface area contributed by atoms with Crippen molar-refractivity contribution in [3.05, 3.63) is 27.6 Å². The molecule has 0 aliphatic heterocycles. The maximum absolute atomic E-state index is 11.9. The van der Waals surface area contributed by atoms with Crippen molar-refractivity contribution in [2.75, 3.05) is 0 Å². The van der Waals surface area contributed by atoms with Crippen molar-refractivity contribution in [2.24, 2.45) is 0 Å². The topological polar surface area (TPSA) is 12.9 Å². The Kier molecular flexibility index (Phi) is 2.53. The van der Waals surface area contributed by atoms with E-state index in [9.17, 15) is 8.78 Å². The number of pyridine rings is 1. The van der Waals surface area contributed by atoms with Gasteiger partial charge in [-0.1, -0.05) is 6.07 Å². The van der Waals surface area contributed by atoms with Crippen LogP contribution in [-0.4, -0.2) is 4.98 Å². The van der Waals surface area contributed by atoms with Crippen LogP contribution in [0.3, 0.4) is 0 Å². The lowest BCUT2D eigenvalue weighted by Gasteiger charge is -1.96. The summed E-state index contributed by atoms with van der Waals surface area (Å²) >= 11 is 1.89. The van der Waals surface area contributed by atoms with Crippen molar-refractivity contribution in [1.82, 2.24) is 4.98 Å². The number of hydrogen-bond acceptors (Lipinski definition) is 1. The maximum Gasteiger partial charge on any atom is 0.280 e. The fourth-order valence-corrected chi connectivity index (χ4v) is 1.03. The quantitative estimate of drug-likeness (QED) is 0.555. The molecule has 0 amide bonds. The van der Waals surface area contributed by atoms with Crippen LogP contribution in [0.25, 0.3) is 0 Å². The normalized spacial score (nSPS) is 10.4. The first kappa shape index (κ1) is 7.84. The highest BCUT2D eigenvalue weighted by molar-refractivity contribution is 14.1. The minimum Gasteiger partial charge on any atom is -0.241 e. The molecule has 1 nitrogen and oxygen atoms in total. The number of halogens is 3. The average Bonchev–Trinajstić information content (AvgIpc) is 1.88. The lowest BCUT2D eigenvalue weighted by atomic mass is 10.4. The van der Waals surface area contributed by atoms with Gasteiger partial charge >= 0.3 is 0 Å². The number of alkyl halides is 2. The minimum atomic E-state index is -2.46. The summed E-state index contributed by atoms with van der Waals surface area (Å²) in [5.74, 6) is 0. The van der Waals surface area contributed by atoms with Gasteiger partial charge in [0.2, 0.25) is 0 Å². The zero-order valence-electron chi connectivity index (χ0n) is 4.89. The molecule has 1 heterocycles. The lowest BCUT2D eigenvalue weighted by Crippen LogP contribution is -1.90. The summed E-state index contributed by atoms with van der Waals surface area (Å²) in [6.45, 7) is 0. The molecule has 0 unspecified atom stereocenters. The highest BCUT2D eigenvalue weighted by Gasteiger charge is 2.06. The van der Waals surface area contributed by atoms with Crippen LogP contribution in [0.1, 0.15) is 12.1 Å². The van der Waals surface area contributed by atoms with Crippen LogP contribution < -0.4 is 0 Å². The molecule has 1 aromatic heterocycles. The van der Waals surface area contributed by atoms with Crippen molar-refractivity contribution in [1.29, 1.82) is 0 Å². The largest absolute Gasteiger partial charge is 0.280 e. The highest BCUT2D eigenvalue weighted by atomic mass is 127. The van der Waals surface area contributed by atoms with Gasteiger partial charge in [0.15, 0.2) is 0 Å². The van der Waals surface area contributed by atoms with E-state index in [0.717, 1.165) is 0 Å². The molecule has 0 saturated carbocycles. The van der Waals surface area contributed by atoms with Crippen molar-refractivity contribution >= 4 is 22.6 Å². The molecule has 0 aliphatic rings. The molecule has 1 rings (SSSR count). The van der Waals surface area contributed by atoms with E-state index < -0.39 is 6.43 Å². The predicted octanol–water partition coefficient (Wildman–Crippen LogP) is 2.62. The molecule has 0 N–H and O–H groups in total. The Morgan fingerprint density at radius 3 is 2.50 bits per heavy atom. The van der Waals surface area contributed by atoms with Crippen LogP contribution in [0, 0.1) is 3.70 Å². The molecule has 1 aromatic rings. The molecule has 4 heteroatoms. The summed E-state index contributed by atoms with van der Waals surface area (Å²) < 4.78 is 24.4. The van der Waals surface area contributed by atoms with Crippen molar-refractivity contribution in [2.45, 2.75) is 6.43 Å². The third kappa shape index (κ3) is 1.86. The van der Waals surface area contributed by atoms with Crippen molar-refractivity contribution in [3.63, 3.8) is 0 Å². The lowest BCUT2D eigenvalue weighted by molar-refractivity contribution is 0.146. The number of aromatic nitrogens is 1. The van der Waals surface area contributed by atoms with Gasteiger partial charge in [0.05, 0.1) is 0 Å². The van der Waals surface area contributed by atoms with E-state index in [0.29, 0.717) is 3.70 Å². The Labute approximate surface area is 70.6 Å². The summed E-state index contributed by atoms with van der Waals surface area (Å²) in [4.78, 5) is 3.61. The fraction of sp³-hybridized carbons (Fsp3) is 0.167. The van der Waals surface area contributed by atoms with Gasteiger partial charge in [0, 0.05) is 0 Å². The molecule has 0 aliphatic carbocycles. The third-order valence-corrected chi connectivity index (χ3v) is 1.56. The minimum absolute atomic E-state index is 0.160. The van der Waals surface area contributed by atoms with Crippen LogP contribution in [0.5, 0.6) is 0 Å². The Hall–Kier alpha value is -0.260. The molecule has 0 spiro atoms. The molecular formula is C6H4F2IN. The summed E-state index contributed by atoms with van der Waals surface area (Å²) in [6, 6.07) is 4.55. The third-order valence-electron chi connectivity index (χ3n) is 0.960. The Morgan fingerprint density at radius 1 is 1.40 bits per heavy atom.